The van der Waals surface area contributed by atoms with Crippen LogP contribution in [0.1, 0.15) is 42.2 Å². The maximum atomic E-state index is 13.4. The van der Waals surface area contributed by atoms with Crippen LogP contribution in [0.2, 0.25) is 5.02 Å². The van der Waals surface area contributed by atoms with Crippen LogP contribution in [-0.2, 0) is 16.1 Å². The molecule has 0 aliphatic heterocycles. The van der Waals surface area contributed by atoms with E-state index < -0.39 is 24.0 Å². The minimum Gasteiger partial charge on any atom is -0.351 e. The molecule has 0 bridgehead atoms. The van der Waals surface area contributed by atoms with E-state index in [-0.39, 0.29) is 12.6 Å². The number of thiophene rings is 1. The summed E-state index contributed by atoms with van der Waals surface area (Å²) in [6, 6.07) is 7.93. The Morgan fingerprint density at radius 1 is 1.17 bits per heavy atom. The molecule has 0 radical (unpaired) electrons. The first-order valence-electron chi connectivity index (χ1n) is 9.21. The highest BCUT2D eigenvalue weighted by molar-refractivity contribution is 7.10. The zero-order valence-corrected chi connectivity index (χ0v) is 17.0. The first kappa shape index (κ1) is 21.6. The van der Waals surface area contributed by atoms with Crippen LogP contribution in [0.5, 0.6) is 0 Å². The SMILES string of the molecule is O=C(NC1CCCC1)[C@@H](c1cccs1)N(Cc1ccc(Cl)cc1)C(=O)C(F)(F)F. The molecule has 156 valence electrons. The second kappa shape index (κ2) is 9.17. The lowest BCUT2D eigenvalue weighted by atomic mass is 10.1. The van der Waals surface area contributed by atoms with Crippen molar-refractivity contribution >= 4 is 34.8 Å². The molecule has 0 unspecified atom stereocenters. The molecule has 1 aliphatic carbocycles. The Labute approximate surface area is 175 Å². The molecule has 0 saturated heterocycles. The molecule has 1 fully saturated rings. The van der Waals surface area contributed by atoms with Crippen molar-refractivity contribution in [3.63, 3.8) is 0 Å². The van der Waals surface area contributed by atoms with E-state index in [9.17, 15) is 22.8 Å². The van der Waals surface area contributed by atoms with E-state index in [4.69, 9.17) is 11.6 Å². The summed E-state index contributed by atoms with van der Waals surface area (Å²) in [7, 11) is 0. The molecule has 29 heavy (non-hydrogen) atoms. The molecule has 1 atom stereocenters. The Balaban J connectivity index is 1.95. The zero-order valence-electron chi connectivity index (χ0n) is 15.4. The van der Waals surface area contributed by atoms with Gasteiger partial charge in [0.2, 0.25) is 5.91 Å². The van der Waals surface area contributed by atoms with Crippen LogP contribution in [0.15, 0.2) is 41.8 Å². The Morgan fingerprint density at radius 3 is 2.38 bits per heavy atom. The topological polar surface area (TPSA) is 49.4 Å². The van der Waals surface area contributed by atoms with E-state index in [1.165, 1.54) is 12.1 Å². The monoisotopic (exact) mass is 444 g/mol. The van der Waals surface area contributed by atoms with Crippen molar-refractivity contribution in [3.8, 4) is 0 Å². The number of nitrogens with zero attached hydrogens (tertiary/aromatic N) is 1. The summed E-state index contributed by atoms with van der Waals surface area (Å²) in [5.41, 5.74) is 0.447. The van der Waals surface area contributed by atoms with Crippen LogP contribution in [0, 0.1) is 0 Å². The Bertz CT molecular complexity index is 834. The molecule has 1 saturated carbocycles. The van der Waals surface area contributed by atoms with E-state index in [2.05, 4.69) is 5.32 Å². The fourth-order valence-corrected chi connectivity index (χ4v) is 4.41. The van der Waals surface area contributed by atoms with Crippen molar-refractivity contribution in [3.05, 3.63) is 57.2 Å². The standard InChI is InChI=1S/C20H20ClF3N2O2S/c21-14-9-7-13(8-10-14)12-26(19(28)20(22,23)24)17(16-6-3-11-29-16)18(27)25-15-4-1-2-5-15/h3,6-11,15,17H,1-2,4-5,12H2,(H,25,27)/t17-/m1/s1. The van der Waals surface area contributed by atoms with Gasteiger partial charge in [-0.1, -0.05) is 42.6 Å². The molecule has 4 nitrogen and oxygen atoms in total. The number of hydrogen-bond donors (Lipinski definition) is 1. The minimum atomic E-state index is -5.10. The van der Waals surface area contributed by atoms with Gasteiger partial charge in [0.1, 0.15) is 6.04 Å². The first-order chi connectivity index (χ1) is 13.8. The minimum absolute atomic E-state index is 0.0802. The van der Waals surface area contributed by atoms with Gasteiger partial charge in [-0.15, -0.1) is 11.3 Å². The van der Waals surface area contributed by atoms with Gasteiger partial charge in [0.25, 0.3) is 0 Å². The molecule has 1 aromatic carbocycles. The van der Waals surface area contributed by atoms with Crippen LogP contribution in [0.3, 0.4) is 0 Å². The summed E-state index contributed by atoms with van der Waals surface area (Å²) in [6.45, 7) is -0.365. The van der Waals surface area contributed by atoms with Crippen molar-refractivity contribution in [1.82, 2.24) is 10.2 Å². The lowest BCUT2D eigenvalue weighted by molar-refractivity contribution is -0.189. The van der Waals surface area contributed by atoms with Gasteiger partial charge in [0.05, 0.1) is 0 Å². The van der Waals surface area contributed by atoms with Gasteiger partial charge >= 0.3 is 12.1 Å². The third-order valence-corrected chi connectivity index (χ3v) is 6.02. The number of alkyl halides is 3. The van der Waals surface area contributed by atoms with Crippen LogP contribution in [0.4, 0.5) is 13.2 Å². The number of hydrogen-bond acceptors (Lipinski definition) is 3. The first-order valence-corrected chi connectivity index (χ1v) is 10.5. The highest BCUT2D eigenvalue weighted by Gasteiger charge is 2.47. The lowest BCUT2D eigenvalue weighted by Gasteiger charge is -2.32. The van der Waals surface area contributed by atoms with Gasteiger partial charge in [-0.05, 0) is 42.0 Å². The second-order valence-electron chi connectivity index (χ2n) is 6.97. The van der Waals surface area contributed by atoms with E-state index >= 15 is 0 Å². The zero-order chi connectivity index (χ0) is 21.0. The summed E-state index contributed by atoms with van der Waals surface area (Å²) >= 11 is 6.99. The average Bonchev–Trinajstić information content (AvgIpc) is 3.36. The fourth-order valence-electron chi connectivity index (χ4n) is 3.45. The van der Waals surface area contributed by atoms with Gasteiger partial charge in [0, 0.05) is 22.5 Å². The summed E-state index contributed by atoms with van der Waals surface area (Å²) in [6.07, 6.45) is -1.61. The molecule has 0 spiro atoms. The number of rotatable bonds is 6. The maximum absolute atomic E-state index is 13.4. The molecular weight excluding hydrogens is 425 g/mol. The summed E-state index contributed by atoms with van der Waals surface area (Å²) in [5, 5.41) is 4.93. The molecule has 2 aromatic rings. The summed E-state index contributed by atoms with van der Waals surface area (Å²) < 4.78 is 40.2. The van der Waals surface area contributed by atoms with Crippen molar-refractivity contribution in [1.29, 1.82) is 0 Å². The van der Waals surface area contributed by atoms with Crippen LogP contribution in [-0.4, -0.2) is 28.9 Å². The van der Waals surface area contributed by atoms with E-state index in [0.717, 1.165) is 37.0 Å². The van der Waals surface area contributed by atoms with Gasteiger partial charge in [-0.3, -0.25) is 9.59 Å². The van der Waals surface area contributed by atoms with Crippen molar-refractivity contribution < 1.29 is 22.8 Å². The number of carbonyl (C=O) groups excluding carboxylic acids is 2. The Morgan fingerprint density at radius 2 is 1.83 bits per heavy atom. The maximum Gasteiger partial charge on any atom is 0.471 e. The lowest BCUT2D eigenvalue weighted by Crippen LogP contribution is -2.49. The molecule has 1 N–H and O–H groups in total. The quantitative estimate of drug-likeness (QED) is 0.674. The third-order valence-electron chi connectivity index (χ3n) is 4.84. The highest BCUT2D eigenvalue weighted by atomic mass is 35.5. The number of nitrogens with one attached hydrogen (secondary N) is 1. The number of benzene rings is 1. The molecule has 2 amide bonds. The molecular formula is C20H20ClF3N2O2S. The molecule has 9 heteroatoms. The molecule has 3 rings (SSSR count). The van der Waals surface area contributed by atoms with Crippen molar-refractivity contribution in [2.24, 2.45) is 0 Å². The van der Waals surface area contributed by atoms with Crippen molar-refractivity contribution in [2.75, 3.05) is 0 Å². The average molecular weight is 445 g/mol. The third kappa shape index (κ3) is 5.51. The largest absolute Gasteiger partial charge is 0.471 e. The second-order valence-corrected chi connectivity index (χ2v) is 8.38. The van der Waals surface area contributed by atoms with Crippen LogP contribution < -0.4 is 5.32 Å². The Kier molecular flexibility index (Phi) is 6.85. The number of carbonyl (C=O) groups is 2. The predicted molar refractivity (Wildman–Crippen MR) is 106 cm³/mol. The van der Waals surface area contributed by atoms with Gasteiger partial charge in [-0.25, -0.2) is 0 Å². The molecule has 1 heterocycles. The van der Waals surface area contributed by atoms with Crippen molar-refractivity contribution in [2.45, 2.75) is 50.5 Å². The van der Waals surface area contributed by atoms with E-state index in [1.807, 2.05) is 0 Å². The molecule has 1 aliphatic rings. The van der Waals surface area contributed by atoms with Crippen LogP contribution >= 0.6 is 22.9 Å². The number of halogens is 4. The van der Waals surface area contributed by atoms with Crippen LogP contribution in [0.25, 0.3) is 0 Å². The van der Waals surface area contributed by atoms with Gasteiger partial charge in [-0.2, -0.15) is 13.2 Å². The van der Waals surface area contributed by atoms with E-state index in [0.29, 0.717) is 20.4 Å². The highest BCUT2D eigenvalue weighted by Crippen LogP contribution is 2.32. The summed E-state index contributed by atoms with van der Waals surface area (Å²) in [4.78, 5) is 26.3. The predicted octanol–water partition coefficient (Wildman–Crippen LogP) is 5.09. The number of amides is 2. The Hall–Kier alpha value is -2.06. The smallest absolute Gasteiger partial charge is 0.351 e. The summed E-state index contributed by atoms with van der Waals surface area (Å²) in [5.74, 6) is -2.64. The molecule has 1 aromatic heterocycles. The fraction of sp³-hybridized carbons (Fsp3) is 0.400. The van der Waals surface area contributed by atoms with Gasteiger partial charge < -0.3 is 10.2 Å². The normalized spacial score (nSPS) is 15.9. The van der Waals surface area contributed by atoms with Gasteiger partial charge in [0.15, 0.2) is 0 Å². The van der Waals surface area contributed by atoms with E-state index in [1.54, 1.807) is 29.6 Å².